The Morgan fingerprint density at radius 3 is 2.57 bits per heavy atom. The number of hydrogen-bond acceptors (Lipinski definition) is 4. The van der Waals surface area contributed by atoms with Crippen molar-refractivity contribution in [3.05, 3.63) is 88.9 Å². The first-order chi connectivity index (χ1) is 16.9. The number of benzene rings is 3. The van der Waals surface area contributed by atoms with E-state index in [1.165, 1.54) is 0 Å². The van der Waals surface area contributed by atoms with E-state index in [1.807, 2.05) is 31.2 Å². The van der Waals surface area contributed by atoms with Gasteiger partial charge < -0.3 is 20.3 Å². The summed E-state index contributed by atoms with van der Waals surface area (Å²) in [7, 11) is 0. The molecule has 3 amide bonds. The maximum absolute atomic E-state index is 12.6. The number of ether oxygens (including phenoxy) is 1. The minimum atomic E-state index is -0.405. The predicted octanol–water partition coefficient (Wildman–Crippen LogP) is 4.34. The van der Waals surface area contributed by atoms with Crippen LogP contribution < -0.4 is 20.3 Å². The third kappa shape index (κ3) is 6.39. The fraction of sp³-hybridized carbons (Fsp3) is 0.222. The van der Waals surface area contributed by atoms with Gasteiger partial charge in [0.1, 0.15) is 5.75 Å². The Balaban J connectivity index is 1.27. The van der Waals surface area contributed by atoms with Gasteiger partial charge in [0, 0.05) is 35.9 Å². The smallest absolute Gasteiger partial charge is 0.262 e. The van der Waals surface area contributed by atoms with Crippen molar-refractivity contribution in [1.82, 2.24) is 5.32 Å². The molecule has 1 aliphatic heterocycles. The molecular formula is C27H26ClN3O4. The van der Waals surface area contributed by atoms with Gasteiger partial charge in [-0.2, -0.15) is 0 Å². The highest BCUT2D eigenvalue weighted by Crippen LogP contribution is 2.27. The minimum absolute atomic E-state index is 0.101. The van der Waals surface area contributed by atoms with Crippen LogP contribution in [0.3, 0.4) is 0 Å². The lowest BCUT2D eigenvalue weighted by Crippen LogP contribution is -2.32. The summed E-state index contributed by atoms with van der Waals surface area (Å²) in [5, 5.41) is 6.19. The summed E-state index contributed by atoms with van der Waals surface area (Å²) in [4.78, 5) is 38.9. The van der Waals surface area contributed by atoms with Gasteiger partial charge in [-0.1, -0.05) is 41.9 Å². The number of nitrogens with zero attached hydrogens (tertiary/aromatic N) is 1. The lowest BCUT2D eigenvalue weighted by molar-refractivity contribution is -0.126. The molecule has 1 fully saturated rings. The van der Waals surface area contributed by atoms with Crippen molar-refractivity contribution in [3.8, 4) is 5.75 Å². The molecule has 0 unspecified atom stereocenters. The summed E-state index contributed by atoms with van der Waals surface area (Å²) in [5.74, 6) is -0.456. The van der Waals surface area contributed by atoms with E-state index in [9.17, 15) is 14.4 Å². The van der Waals surface area contributed by atoms with Crippen LogP contribution in [0.4, 0.5) is 11.4 Å². The summed E-state index contributed by atoms with van der Waals surface area (Å²) in [6.07, 6.45) is 0.168. The van der Waals surface area contributed by atoms with E-state index in [-0.39, 0.29) is 30.7 Å². The number of amides is 3. The summed E-state index contributed by atoms with van der Waals surface area (Å²) in [5.41, 5.74) is 3.44. The Hall–Kier alpha value is -3.84. The Kier molecular flexibility index (Phi) is 7.67. The average Bonchev–Trinajstić information content (AvgIpc) is 3.24. The Morgan fingerprint density at radius 1 is 1.06 bits per heavy atom. The van der Waals surface area contributed by atoms with Gasteiger partial charge in [0.05, 0.1) is 5.92 Å². The average molecular weight is 492 g/mol. The number of nitrogens with one attached hydrogen (secondary N) is 2. The molecule has 1 atom stereocenters. The first-order valence-electron chi connectivity index (χ1n) is 11.3. The van der Waals surface area contributed by atoms with E-state index >= 15 is 0 Å². The molecule has 180 valence electrons. The first-order valence-corrected chi connectivity index (χ1v) is 11.7. The van der Waals surface area contributed by atoms with E-state index < -0.39 is 5.92 Å². The summed E-state index contributed by atoms with van der Waals surface area (Å²) >= 11 is 5.92. The monoisotopic (exact) mass is 491 g/mol. The summed E-state index contributed by atoms with van der Waals surface area (Å²) in [6.45, 7) is 2.59. The van der Waals surface area contributed by atoms with Gasteiger partial charge in [-0.25, -0.2) is 0 Å². The molecule has 3 aromatic carbocycles. The van der Waals surface area contributed by atoms with Crippen LogP contribution in [0.5, 0.6) is 5.75 Å². The molecule has 8 heteroatoms. The number of carbonyl (C=O) groups excluding carboxylic acids is 3. The fourth-order valence-electron chi connectivity index (χ4n) is 3.90. The lowest BCUT2D eigenvalue weighted by atomic mass is 10.1. The molecule has 3 aromatic rings. The van der Waals surface area contributed by atoms with Crippen molar-refractivity contribution in [1.29, 1.82) is 0 Å². The van der Waals surface area contributed by atoms with Gasteiger partial charge in [-0.3, -0.25) is 14.4 Å². The normalized spacial score (nSPS) is 15.1. The second kappa shape index (κ2) is 11.1. The van der Waals surface area contributed by atoms with Crippen LogP contribution >= 0.6 is 11.6 Å². The molecule has 0 bridgehead atoms. The lowest BCUT2D eigenvalue weighted by Gasteiger charge is -2.17. The Labute approximate surface area is 209 Å². The molecule has 0 radical (unpaired) electrons. The van der Waals surface area contributed by atoms with Crippen molar-refractivity contribution in [3.63, 3.8) is 0 Å². The molecule has 1 heterocycles. The third-order valence-corrected chi connectivity index (χ3v) is 6.07. The molecule has 1 aliphatic rings. The fourth-order valence-corrected chi connectivity index (χ4v) is 4.09. The SMILES string of the molecule is Cc1ccccc1CNC(=O)[C@@H]1CC(=O)N(c2ccc(OCC(=O)Nc3cccc(Cl)c3)cc2)C1. The molecule has 4 rings (SSSR count). The van der Waals surface area contributed by atoms with Gasteiger partial charge in [-0.15, -0.1) is 0 Å². The molecule has 2 N–H and O–H groups in total. The topological polar surface area (TPSA) is 87.7 Å². The quantitative estimate of drug-likeness (QED) is 0.491. The van der Waals surface area contributed by atoms with Gasteiger partial charge >= 0.3 is 0 Å². The zero-order valence-electron chi connectivity index (χ0n) is 19.3. The maximum Gasteiger partial charge on any atom is 0.262 e. The number of rotatable bonds is 8. The van der Waals surface area contributed by atoms with Crippen LogP contribution in [0.25, 0.3) is 0 Å². The van der Waals surface area contributed by atoms with E-state index in [0.717, 1.165) is 11.1 Å². The number of aryl methyl sites for hydroxylation is 1. The standard InChI is InChI=1S/C27H26ClN3O4/c1-18-5-2-3-6-19(18)15-29-27(34)20-13-26(33)31(16-20)23-9-11-24(12-10-23)35-17-25(32)30-22-8-4-7-21(28)14-22/h2-12,14,20H,13,15-17H2,1H3,(H,29,34)(H,30,32)/t20-/m1/s1. The Bertz CT molecular complexity index is 1230. The number of carbonyl (C=O) groups is 3. The van der Waals surface area contributed by atoms with Crippen LogP contribution in [-0.4, -0.2) is 30.9 Å². The highest BCUT2D eigenvalue weighted by Gasteiger charge is 2.35. The van der Waals surface area contributed by atoms with E-state index in [2.05, 4.69) is 10.6 Å². The highest BCUT2D eigenvalue weighted by atomic mass is 35.5. The molecular weight excluding hydrogens is 466 g/mol. The van der Waals surface area contributed by atoms with Crippen LogP contribution in [0.1, 0.15) is 17.5 Å². The van der Waals surface area contributed by atoms with Gasteiger partial charge in [0.25, 0.3) is 5.91 Å². The van der Waals surface area contributed by atoms with Crippen molar-refractivity contribution < 1.29 is 19.1 Å². The second-order valence-electron chi connectivity index (χ2n) is 8.39. The van der Waals surface area contributed by atoms with Crippen LogP contribution in [0.2, 0.25) is 5.02 Å². The zero-order valence-corrected chi connectivity index (χ0v) is 20.0. The maximum atomic E-state index is 12.6. The van der Waals surface area contributed by atoms with Crippen molar-refractivity contribution in [2.45, 2.75) is 19.9 Å². The largest absolute Gasteiger partial charge is 0.484 e. The van der Waals surface area contributed by atoms with Gasteiger partial charge in [0.15, 0.2) is 6.61 Å². The number of hydrogen-bond donors (Lipinski definition) is 2. The van der Waals surface area contributed by atoms with E-state index in [1.54, 1.807) is 53.4 Å². The minimum Gasteiger partial charge on any atom is -0.484 e. The third-order valence-electron chi connectivity index (χ3n) is 5.84. The molecule has 1 saturated heterocycles. The van der Waals surface area contributed by atoms with E-state index in [4.69, 9.17) is 16.3 Å². The number of anilines is 2. The zero-order chi connectivity index (χ0) is 24.8. The van der Waals surface area contributed by atoms with Crippen LogP contribution in [0, 0.1) is 12.8 Å². The van der Waals surface area contributed by atoms with Crippen molar-refractivity contribution in [2.24, 2.45) is 5.92 Å². The predicted molar refractivity (Wildman–Crippen MR) is 136 cm³/mol. The summed E-state index contributed by atoms with van der Waals surface area (Å²) in [6, 6.07) is 21.6. The van der Waals surface area contributed by atoms with Crippen molar-refractivity contribution in [2.75, 3.05) is 23.4 Å². The summed E-state index contributed by atoms with van der Waals surface area (Å²) < 4.78 is 5.55. The molecule has 35 heavy (non-hydrogen) atoms. The van der Waals surface area contributed by atoms with Gasteiger partial charge in [0.2, 0.25) is 11.8 Å². The number of halogens is 1. The molecule has 0 aromatic heterocycles. The molecule has 0 spiro atoms. The first kappa shape index (κ1) is 24.3. The van der Waals surface area contributed by atoms with Gasteiger partial charge in [-0.05, 0) is 60.5 Å². The van der Waals surface area contributed by atoms with Crippen LogP contribution in [0.15, 0.2) is 72.8 Å². The van der Waals surface area contributed by atoms with Crippen molar-refractivity contribution >= 4 is 40.7 Å². The molecule has 0 aliphatic carbocycles. The highest BCUT2D eigenvalue weighted by molar-refractivity contribution is 6.30. The second-order valence-corrected chi connectivity index (χ2v) is 8.83. The molecule has 7 nitrogen and oxygen atoms in total. The Morgan fingerprint density at radius 2 is 1.83 bits per heavy atom. The van der Waals surface area contributed by atoms with Crippen LogP contribution in [-0.2, 0) is 20.9 Å². The van der Waals surface area contributed by atoms with E-state index in [0.29, 0.717) is 35.2 Å². The molecule has 0 saturated carbocycles.